The quantitative estimate of drug-likeness (QED) is 0.542. The minimum absolute atomic E-state index is 0.0140. The van der Waals surface area contributed by atoms with E-state index in [1.807, 2.05) is 0 Å². The number of ether oxygens (including phenoxy) is 1. The Balaban J connectivity index is 2.09. The Morgan fingerprint density at radius 2 is 1.60 bits per heavy atom. The zero-order chi connectivity index (χ0) is 14.8. The van der Waals surface area contributed by atoms with Crippen LogP contribution in [0.1, 0.15) is 38.5 Å². The maximum absolute atomic E-state index is 11.6. The van der Waals surface area contributed by atoms with Crippen molar-refractivity contribution in [1.82, 2.24) is 4.23 Å². The molecule has 2 heterocycles. The van der Waals surface area contributed by atoms with Crippen LogP contribution in [0.5, 0.6) is 0 Å². The fourth-order valence-corrected chi connectivity index (χ4v) is 19.4. The summed E-state index contributed by atoms with van der Waals surface area (Å²) in [5, 5.41) is 0. The van der Waals surface area contributed by atoms with Gasteiger partial charge in [-0.3, -0.25) is 4.79 Å². The van der Waals surface area contributed by atoms with Crippen molar-refractivity contribution >= 4 is 22.4 Å². The molecule has 2 saturated heterocycles. The van der Waals surface area contributed by atoms with Gasteiger partial charge in [-0.2, -0.15) is 0 Å². The topological polar surface area (TPSA) is 29.5 Å². The second-order valence-corrected chi connectivity index (χ2v) is 17.4. The summed E-state index contributed by atoms with van der Waals surface area (Å²) in [6.07, 6.45) is 6.39. The number of carbonyl (C=O) groups is 1. The average Bonchev–Trinajstić information content (AvgIpc) is 2.57. The molecule has 1 atom stereocenters. The Hall–Kier alpha value is -0.136. The molecule has 5 heteroatoms. The van der Waals surface area contributed by atoms with Gasteiger partial charge in [0, 0.05) is 6.42 Å². The molecule has 0 aliphatic carbocycles. The van der Waals surface area contributed by atoms with Crippen molar-refractivity contribution in [2.45, 2.75) is 82.8 Å². The summed E-state index contributed by atoms with van der Waals surface area (Å²) < 4.78 is 8.26. The Bertz CT molecular complexity index is 342. The van der Waals surface area contributed by atoms with Crippen molar-refractivity contribution < 1.29 is 9.53 Å². The molecule has 0 amide bonds. The van der Waals surface area contributed by atoms with Crippen LogP contribution in [0.2, 0.25) is 38.3 Å². The van der Waals surface area contributed by atoms with Gasteiger partial charge in [-0.05, 0) is 50.2 Å². The second kappa shape index (κ2) is 6.32. The Morgan fingerprint density at radius 1 is 1.00 bits per heavy atom. The highest BCUT2D eigenvalue weighted by Crippen LogP contribution is 2.40. The average molecular weight is 314 g/mol. The van der Waals surface area contributed by atoms with Gasteiger partial charge in [-0.25, -0.2) is 0 Å². The van der Waals surface area contributed by atoms with E-state index < -0.39 is 16.5 Å². The van der Waals surface area contributed by atoms with Gasteiger partial charge in [0.15, 0.2) is 0 Å². The predicted molar refractivity (Wildman–Crippen MR) is 88.9 cm³/mol. The normalized spacial score (nSPS) is 31.8. The predicted octanol–water partition coefficient (Wildman–Crippen LogP) is 3.98. The summed E-state index contributed by atoms with van der Waals surface area (Å²) >= 11 is 0. The van der Waals surface area contributed by atoms with Crippen LogP contribution >= 0.6 is 0 Å². The molecular formula is C15H31NO2Si2. The summed E-state index contributed by atoms with van der Waals surface area (Å²) in [5.41, 5.74) is 0. The second-order valence-electron chi connectivity index (χ2n) is 7.76. The molecule has 0 radical (unpaired) electrons. The molecule has 0 N–H and O–H groups in total. The van der Waals surface area contributed by atoms with Crippen molar-refractivity contribution in [3.05, 3.63) is 0 Å². The lowest BCUT2D eigenvalue weighted by molar-refractivity contribution is -0.144. The highest BCUT2D eigenvalue weighted by molar-refractivity contribution is 6.95. The van der Waals surface area contributed by atoms with E-state index >= 15 is 0 Å². The van der Waals surface area contributed by atoms with Gasteiger partial charge in [0.1, 0.15) is 16.5 Å². The van der Waals surface area contributed by atoms with Crippen LogP contribution in [0.3, 0.4) is 0 Å². The fraction of sp³-hybridized carbons (Fsp3) is 0.933. The number of carbonyl (C=O) groups excluding carboxylic acids is 1. The number of hydrogen-bond donors (Lipinski definition) is 0. The van der Waals surface area contributed by atoms with Crippen molar-refractivity contribution in [1.29, 1.82) is 0 Å². The minimum atomic E-state index is -1.20. The first-order valence-electron chi connectivity index (χ1n) is 8.28. The SMILES string of the molecule is C[Si]1(C)CC[Si](C)(C)N1C1CCCCOC(=O)CCC1. The lowest BCUT2D eigenvalue weighted by atomic mass is 10.0. The van der Waals surface area contributed by atoms with E-state index in [2.05, 4.69) is 30.4 Å². The summed E-state index contributed by atoms with van der Waals surface area (Å²) in [7, 11) is -2.40. The highest BCUT2D eigenvalue weighted by Gasteiger charge is 2.49. The molecule has 0 bridgehead atoms. The van der Waals surface area contributed by atoms with E-state index in [0.29, 0.717) is 13.0 Å². The molecular weight excluding hydrogens is 282 g/mol. The van der Waals surface area contributed by atoms with Crippen molar-refractivity contribution in [3.63, 3.8) is 0 Å². The Morgan fingerprint density at radius 3 is 2.25 bits per heavy atom. The molecule has 2 aliphatic rings. The van der Waals surface area contributed by atoms with Gasteiger partial charge in [-0.1, -0.05) is 26.2 Å². The first-order chi connectivity index (χ1) is 9.33. The maximum Gasteiger partial charge on any atom is 0.305 e. The molecule has 20 heavy (non-hydrogen) atoms. The largest absolute Gasteiger partial charge is 0.466 e. The monoisotopic (exact) mass is 313 g/mol. The van der Waals surface area contributed by atoms with Crippen molar-refractivity contribution in [3.8, 4) is 0 Å². The van der Waals surface area contributed by atoms with Gasteiger partial charge in [0.05, 0.1) is 6.61 Å². The van der Waals surface area contributed by atoms with Crippen molar-refractivity contribution in [2.24, 2.45) is 0 Å². The van der Waals surface area contributed by atoms with Crippen molar-refractivity contribution in [2.75, 3.05) is 6.61 Å². The van der Waals surface area contributed by atoms with Crippen LogP contribution in [0.15, 0.2) is 0 Å². The minimum Gasteiger partial charge on any atom is -0.466 e. The van der Waals surface area contributed by atoms with E-state index in [-0.39, 0.29) is 5.97 Å². The standard InChI is InChI=1S/C15H31NO2Si2/c1-19(2)12-13-20(3,4)16(19)14-8-5-6-11-18-15(17)10-7-9-14/h14H,5-13H2,1-4H3. The molecule has 3 nitrogen and oxygen atoms in total. The van der Waals surface area contributed by atoms with Crippen LogP contribution in [-0.2, 0) is 9.53 Å². The van der Waals surface area contributed by atoms with E-state index in [1.165, 1.54) is 31.4 Å². The lowest BCUT2D eigenvalue weighted by Gasteiger charge is -2.45. The first-order valence-corrected chi connectivity index (χ1v) is 14.6. The molecule has 116 valence electrons. The molecule has 0 saturated carbocycles. The van der Waals surface area contributed by atoms with E-state index in [9.17, 15) is 4.79 Å². The number of esters is 1. The smallest absolute Gasteiger partial charge is 0.305 e. The summed E-state index contributed by atoms with van der Waals surface area (Å²) in [6, 6.07) is 3.70. The molecule has 0 spiro atoms. The van der Waals surface area contributed by atoms with Crippen LogP contribution in [0, 0.1) is 0 Å². The number of hydrogen-bond acceptors (Lipinski definition) is 3. The summed E-state index contributed by atoms with van der Waals surface area (Å²) in [4.78, 5) is 11.6. The van der Waals surface area contributed by atoms with Crippen LogP contribution < -0.4 is 0 Å². The van der Waals surface area contributed by atoms with E-state index in [4.69, 9.17) is 4.74 Å². The number of cyclic esters (lactones) is 1. The third-order valence-corrected chi connectivity index (χ3v) is 15.5. The molecule has 0 aromatic rings. The Labute approximate surface area is 126 Å². The van der Waals surface area contributed by atoms with Gasteiger partial charge < -0.3 is 8.97 Å². The molecule has 2 rings (SSSR count). The van der Waals surface area contributed by atoms with Gasteiger partial charge >= 0.3 is 5.97 Å². The zero-order valence-corrected chi connectivity index (χ0v) is 15.7. The van der Waals surface area contributed by atoms with Crippen LogP contribution in [-0.4, -0.2) is 39.3 Å². The third-order valence-electron chi connectivity index (χ3n) is 5.13. The fourth-order valence-electron chi connectivity index (χ4n) is 4.29. The number of nitrogens with zero attached hydrogens (tertiary/aromatic N) is 1. The van der Waals surface area contributed by atoms with Gasteiger partial charge in [0.2, 0.25) is 0 Å². The maximum atomic E-state index is 11.6. The zero-order valence-electron chi connectivity index (χ0n) is 13.7. The van der Waals surface area contributed by atoms with Crippen LogP contribution in [0.25, 0.3) is 0 Å². The Kier molecular flexibility index (Phi) is 5.13. The lowest BCUT2D eigenvalue weighted by Crippen LogP contribution is -2.59. The van der Waals surface area contributed by atoms with E-state index in [0.717, 1.165) is 18.9 Å². The highest BCUT2D eigenvalue weighted by atomic mass is 28.4. The first kappa shape index (κ1) is 16.2. The number of rotatable bonds is 1. The third kappa shape index (κ3) is 3.74. The molecule has 0 aromatic heterocycles. The molecule has 1 unspecified atom stereocenters. The van der Waals surface area contributed by atoms with Gasteiger partial charge in [0.25, 0.3) is 0 Å². The molecule has 2 fully saturated rings. The molecule has 0 aromatic carbocycles. The van der Waals surface area contributed by atoms with Crippen LogP contribution in [0.4, 0.5) is 0 Å². The van der Waals surface area contributed by atoms with Gasteiger partial charge in [-0.15, -0.1) is 0 Å². The summed E-state index contributed by atoms with van der Waals surface area (Å²) in [5.74, 6) is 0.0140. The van der Waals surface area contributed by atoms with E-state index in [1.54, 1.807) is 0 Å². The molecule has 2 aliphatic heterocycles. The summed E-state index contributed by atoms with van der Waals surface area (Å²) in [6.45, 7) is 10.9.